The number of rotatable bonds is 5. The maximum atomic E-state index is 9.74. The Balaban J connectivity index is 1.84. The molecule has 0 saturated heterocycles. The largest absolute Gasteiger partial charge is 0.393 e. The van der Waals surface area contributed by atoms with E-state index in [0.717, 1.165) is 34.9 Å². The van der Waals surface area contributed by atoms with Gasteiger partial charge in [-0.3, -0.25) is 0 Å². The molecule has 0 amide bonds. The molecular weight excluding hydrogens is 243 g/mol. The van der Waals surface area contributed by atoms with E-state index in [1.54, 1.807) is 0 Å². The van der Waals surface area contributed by atoms with Gasteiger partial charge < -0.3 is 5.11 Å². The third kappa shape index (κ3) is 3.13. The molecule has 0 bridgehead atoms. The van der Waals surface area contributed by atoms with Gasteiger partial charge in [0.2, 0.25) is 0 Å². The lowest BCUT2D eigenvalue weighted by molar-refractivity contribution is 0.139. The van der Waals surface area contributed by atoms with Crippen LogP contribution in [0.2, 0.25) is 10.0 Å². The van der Waals surface area contributed by atoms with Crippen molar-refractivity contribution >= 4 is 23.2 Å². The minimum Gasteiger partial charge on any atom is -0.393 e. The zero-order valence-electron chi connectivity index (χ0n) is 9.13. The van der Waals surface area contributed by atoms with Gasteiger partial charge in [-0.05, 0) is 55.7 Å². The second kappa shape index (κ2) is 5.39. The molecule has 1 saturated carbocycles. The van der Waals surface area contributed by atoms with Crippen LogP contribution in [-0.2, 0) is 6.42 Å². The topological polar surface area (TPSA) is 20.2 Å². The van der Waals surface area contributed by atoms with Gasteiger partial charge in [-0.1, -0.05) is 29.3 Å². The molecule has 1 aromatic carbocycles. The molecule has 0 aromatic heterocycles. The first-order valence-electron chi connectivity index (χ1n) is 5.79. The number of hydrogen-bond donors (Lipinski definition) is 1. The van der Waals surface area contributed by atoms with Crippen molar-refractivity contribution < 1.29 is 5.11 Å². The molecule has 1 aliphatic carbocycles. The molecule has 1 unspecified atom stereocenters. The monoisotopic (exact) mass is 258 g/mol. The van der Waals surface area contributed by atoms with Crippen LogP contribution >= 0.6 is 23.2 Å². The van der Waals surface area contributed by atoms with Crippen LogP contribution in [0.5, 0.6) is 0 Å². The van der Waals surface area contributed by atoms with Crippen LogP contribution < -0.4 is 0 Å². The summed E-state index contributed by atoms with van der Waals surface area (Å²) in [7, 11) is 0. The highest BCUT2D eigenvalue weighted by Crippen LogP contribution is 2.35. The van der Waals surface area contributed by atoms with Gasteiger partial charge >= 0.3 is 0 Å². The Morgan fingerprint density at radius 2 is 1.88 bits per heavy atom. The van der Waals surface area contributed by atoms with Crippen LogP contribution in [-0.4, -0.2) is 11.2 Å². The summed E-state index contributed by atoms with van der Waals surface area (Å²) in [5.74, 6) is 0.557. The van der Waals surface area contributed by atoms with E-state index in [0.29, 0.717) is 5.92 Å². The van der Waals surface area contributed by atoms with Crippen molar-refractivity contribution in [1.29, 1.82) is 0 Å². The molecule has 1 aromatic rings. The van der Waals surface area contributed by atoms with Crippen LogP contribution in [0.3, 0.4) is 0 Å². The minimum absolute atomic E-state index is 0.124. The summed E-state index contributed by atoms with van der Waals surface area (Å²) in [6, 6.07) is 5.58. The van der Waals surface area contributed by atoms with E-state index in [-0.39, 0.29) is 6.10 Å². The molecule has 2 rings (SSSR count). The van der Waals surface area contributed by atoms with E-state index < -0.39 is 0 Å². The van der Waals surface area contributed by atoms with Crippen molar-refractivity contribution in [3.05, 3.63) is 33.8 Å². The first-order chi connectivity index (χ1) is 7.68. The summed E-state index contributed by atoms with van der Waals surface area (Å²) in [4.78, 5) is 0. The fraction of sp³-hybridized carbons (Fsp3) is 0.538. The molecule has 1 N–H and O–H groups in total. The van der Waals surface area contributed by atoms with Gasteiger partial charge in [0.1, 0.15) is 0 Å². The van der Waals surface area contributed by atoms with Crippen molar-refractivity contribution in [2.45, 2.75) is 38.2 Å². The number of halogens is 2. The second-order valence-electron chi connectivity index (χ2n) is 4.50. The minimum atomic E-state index is -0.124. The number of hydrogen-bond acceptors (Lipinski definition) is 1. The second-order valence-corrected chi connectivity index (χ2v) is 5.31. The fourth-order valence-corrected chi connectivity index (χ4v) is 2.56. The smallest absolute Gasteiger partial charge is 0.0568 e. The van der Waals surface area contributed by atoms with Gasteiger partial charge in [0.05, 0.1) is 6.10 Å². The van der Waals surface area contributed by atoms with E-state index in [1.165, 1.54) is 12.8 Å². The number of aliphatic hydroxyl groups excluding tert-OH is 1. The van der Waals surface area contributed by atoms with Gasteiger partial charge in [0, 0.05) is 10.0 Å². The SMILES string of the molecule is OC(CCCc1c(Cl)cccc1Cl)C1CC1. The third-order valence-corrected chi connectivity index (χ3v) is 3.86. The van der Waals surface area contributed by atoms with Crippen LogP contribution in [0.4, 0.5) is 0 Å². The normalized spacial score (nSPS) is 17.4. The predicted octanol–water partition coefficient (Wildman–Crippen LogP) is 4.09. The summed E-state index contributed by atoms with van der Waals surface area (Å²) in [6.07, 6.45) is 4.90. The van der Waals surface area contributed by atoms with Crippen LogP contribution in [0, 0.1) is 5.92 Å². The van der Waals surface area contributed by atoms with Gasteiger partial charge in [-0.15, -0.1) is 0 Å². The summed E-state index contributed by atoms with van der Waals surface area (Å²) in [5, 5.41) is 11.2. The van der Waals surface area contributed by atoms with Crippen molar-refractivity contribution in [1.82, 2.24) is 0 Å². The van der Waals surface area contributed by atoms with Gasteiger partial charge in [0.15, 0.2) is 0 Å². The zero-order valence-corrected chi connectivity index (χ0v) is 10.6. The Morgan fingerprint density at radius 1 is 1.25 bits per heavy atom. The van der Waals surface area contributed by atoms with Gasteiger partial charge in [-0.25, -0.2) is 0 Å². The Labute approximate surface area is 106 Å². The third-order valence-electron chi connectivity index (χ3n) is 3.15. The zero-order chi connectivity index (χ0) is 11.5. The lowest BCUT2D eigenvalue weighted by Gasteiger charge is -2.10. The summed E-state index contributed by atoms with van der Waals surface area (Å²) < 4.78 is 0. The molecule has 0 heterocycles. The Kier molecular flexibility index (Phi) is 4.12. The highest BCUT2D eigenvalue weighted by molar-refractivity contribution is 6.35. The van der Waals surface area contributed by atoms with Crippen LogP contribution in [0.15, 0.2) is 18.2 Å². The maximum absolute atomic E-state index is 9.74. The molecule has 0 aliphatic heterocycles. The molecular formula is C13H16Cl2O. The van der Waals surface area contributed by atoms with Crippen molar-refractivity contribution in [2.75, 3.05) is 0 Å². The predicted molar refractivity (Wildman–Crippen MR) is 68.1 cm³/mol. The van der Waals surface area contributed by atoms with E-state index in [1.807, 2.05) is 18.2 Å². The summed E-state index contributed by atoms with van der Waals surface area (Å²) in [6.45, 7) is 0. The molecule has 1 fully saturated rings. The Morgan fingerprint density at radius 3 is 2.44 bits per heavy atom. The summed E-state index contributed by atoms with van der Waals surface area (Å²) >= 11 is 12.1. The maximum Gasteiger partial charge on any atom is 0.0568 e. The Hall–Kier alpha value is -0.240. The first-order valence-corrected chi connectivity index (χ1v) is 6.55. The number of benzene rings is 1. The highest BCUT2D eigenvalue weighted by atomic mass is 35.5. The van der Waals surface area contributed by atoms with Crippen molar-refractivity contribution in [3.8, 4) is 0 Å². The van der Waals surface area contributed by atoms with Crippen molar-refractivity contribution in [3.63, 3.8) is 0 Å². The quantitative estimate of drug-likeness (QED) is 0.844. The molecule has 88 valence electrons. The van der Waals surface area contributed by atoms with Crippen LogP contribution in [0.1, 0.15) is 31.2 Å². The molecule has 3 heteroatoms. The molecule has 1 nitrogen and oxygen atoms in total. The molecule has 0 spiro atoms. The molecule has 1 atom stereocenters. The average molecular weight is 259 g/mol. The van der Waals surface area contributed by atoms with E-state index in [2.05, 4.69) is 0 Å². The number of aliphatic hydroxyl groups is 1. The summed E-state index contributed by atoms with van der Waals surface area (Å²) in [5.41, 5.74) is 1.01. The Bertz CT molecular complexity index is 341. The lowest BCUT2D eigenvalue weighted by atomic mass is 10.0. The van der Waals surface area contributed by atoms with E-state index >= 15 is 0 Å². The van der Waals surface area contributed by atoms with Crippen LogP contribution in [0.25, 0.3) is 0 Å². The van der Waals surface area contributed by atoms with E-state index in [9.17, 15) is 5.11 Å². The average Bonchev–Trinajstić information content (AvgIpc) is 3.05. The first kappa shape index (κ1) is 12.2. The fourth-order valence-electron chi connectivity index (χ4n) is 1.98. The van der Waals surface area contributed by atoms with E-state index in [4.69, 9.17) is 23.2 Å². The van der Waals surface area contributed by atoms with Crippen molar-refractivity contribution in [2.24, 2.45) is 5.92 Å². The highest BCUT2D eigenvalue weighted by Gasteiger charge is 2.28. The standard InChI is InChI=1S/C13H16Cl2O/c14-11-4-2-5-12(15)10(11)3-1-6-13(16)9-7-8-9/h2,4-5,9,13,16H,1,3,6-8H2. The lowest BCUT2D eigenvalue weighted by Crippen LogP contribution is -2.09. The molecule has 0 radical (unpaired) electrons. The molecule has 1 aliphatic rings. The van der Waals surface area contributed by atoms with Gasteiger partial charge in [-0.2, -0.15) is 0 Å². The van der Waals surface area contributed by atoms with Gasteiger partial charge in [0.25, 0.3) is 0 Å². The molecule has 16 heavy (non-hydrogen) atoms.